The molecule has 1 aliphatic heterocycles. The standard InChI is InChI=1S/C21H18F6N4O/c1-10-4-2-7-15-13(20(22,23)24)9-14(28)17(29-15)19-31-30-18(32-19)16(21(25,26)27)12-6-3-5-11(10)8-12/h3,5-6,8-10,16H,2,4,7,28H2,1H3. The quantitative estimate of drug-likeness (QED) is 0.429. The van der Waals surface area contributed by atoms with Crippen LogP contribution in [0.4, 0.5) is 32.0 Å². The van der Waals surface area contributed by atoms with Crippen LogP contribution in [-0.4, -0.2) is 21.4 Å². The molecule has 3 aromatic rings. The van der Waals surface area contributed by atoms with E-state index in [0.29, 0.717) is 24.5 Å². The third-order valence-corrected chi connectivity index (χ3v) is 5.52. The zero-order valence-corrected chi connectivity index (χ0v) is 16.8. The maximum absolute atomic E-state index is 14.0. The molecular formula is C21H18F6N4O. The summed E-state index contributed by atoms with van der Waals surface area (Å²) < 4.78 is 87.8. The number of aromatic nitrogens is 3. The molecular weight excluding hydrogens is 438 g/mol. The highest BCUT2D eigenvalue weighted by Crippen LogP contribution is 2.42. The Morgan fingerprint density at radius 1 is 1.03 bits per heavy atom. The third kappa shape index (κ3) is 4.15. The summed E-state index contributed by atoms with van der Waals surface area (Å²) in [5.41, 5.74) is 4.37. The number of nitrogens with zero attached hydrogens (tertiary/aromatic N) is 3. The van der Waals surface area contributed by atoms with E-state index in [0.717, 1.165) is 0 Å². The van der Waals surface area contributed by atoms with E-state index >= 15 is 0 Å². The predicted molar refractivity (Wildman–Crippen MR) is 103 cm³/mol. The molecule has 1 aromatic carbocycles. The van der Waals surface area contributed by atoms with Gasteiger partial charge >= 0.3 is 12.4 Å². The van der Waals surface area contributed by atoms with E-state index in [1.165, 1.54) is 18.2 Å². The molecule has 2 atom stereocenters. The van der Waals surface area contributed by atoms with Crippen molar-refractivity contribution in [1.82, 2.24) is 15.2 Å². The van der Waals surface area contributed by atoms with Crippen molar-refractivity contribution in [3.8, 4) is 11.6 Å². The summed E-state index contributed by atoms with van der Waals surface area (Å²) in [6.45, 7) is 1.81. The lowest BCUT2D eigenvalue weighted by molar-refractivity contribution is -0.145. The highest BCUT2D eigenvalue weighted by atomic mass is 19.4. The first-order chi connectivity index (χ1) is 14.9. The lowest BCUT2D eigenvalue weighted by Crippen LogP contribution is -2.22. The molecule has 32 heavy (non-hydrogen) atoms. The van der Waals surface area contributed by atoms with Gasteiger partial charge in [0.15, 0.2) is 11.6 Å². The van der Waals surface area contributed by atoms with Gasteiger partial charge in [-0.3, -0.25) is 0 Å². The van der Waals surface area contributed by atoms with Crippen LogP contribution >= 0.6 is 0 Å². The number of benzene rings is 1. The van der Waals surface area contributed by atoms with Crippen LogP contribution in [0.25, 0.3) is 11.6 Å². The molecule has 170 valence electrons. The molecule has 0 saturated heterocycles. The highest BCUT2D eigenvalue weighted by Gasteiger charge is 2.46. The van der Waals surface area contributed by atoms with E-state index < -0.39 is 41.3 Å². The molecule has 3 heterocycles. The fourth-order valence-electron chi connectivity index (χ4n) is 3.88. The van der Waals surface area contributed by atoms with Gasteiger partial charge in [0.05, 0.1) is 16.9 Å². The Hall–Kier alpha value is -3.11. The number of nitrogen functional groups attached to an aromatic ring is 1. The maximum Gasteiger partial charge on any atom is 0.418 e. The first kappa shape index (κ1) is 22.1. The van der Waals surface area contributed by atoms with Crippen LogP contribution in [0.1, 0.15) is 59.9 Å². The van der Waals surface area contributed by atoms with Gasteiger partial charge in [-0.1, -0.05) is 31.2 Å². The summed E-state index contributed by atoms with van der Waals surface area (Å²) in [5.74, 6) is -3.60. The summed E-state index contributed by atoms with van der Waals surface area (Å²) in [7, 11) is 0. The topological polar surface area (TPSA) is 77.8 Å². The summed E-state index contributed by atoms with van der Waals surface area (Å²) in [6, 6.07) is 6.65. The maximum atomic E-state index is 14.0. The van der Waals surface area contributed by atoms with Gasteiger partial charge in [0, 0.05) is 0 Å². The number of hydrogen-bond acceptors (Lipinski definition) is 5. The van der Waals surface area contributed by atoms with Crippen LogP contribution < -0.4 is 5.73 Å². The first-order valence-electron chi connectivity index (χ1n) is 9.82. The van der Waals surface area contributed by atoms with Crippen molar-refractivity contribution in [3.05, 3.63) is 58.6 Å². The molecule has 0 amide bonds. The number of nitrogens with two attached hydrogens (primary N) is 1. The second-order valence-electron chi connectivity index (χ2n) is 7.80. The van der Waals surface area contributed by atoms with E-state index in [1.807, 2.05) is 6.92 Å². The fourth-order valence-corrected chi connectivity index (χ4v) is 3.88. The summed E-state index contributed by atoms with van der Waals surface area (Å²) in [4.78, 5) is 3.99. The average Bonchev–Trinajstić information content (AvgIpc) is 3.15. The number of hydrogen-bond donors (Lipinski definition) is 1. The lowest BCUT2D eigenvalue weighted by Gasteiger charge is -2.20. The Kier molecular flexibility index (Phi) is 5.38. The van der Waals surface area contributed by atoms with Gasteiger partial charge < -0.3 is 10.2 Å². The predicted octanol–water partition coefficient (Wildman–Crippen LogP) is 5.87. The smallest absolute Gasteiger partial charge is 0.418 e. The van der Waals surface area contributed by atoms with Gasteiger partial charge in [0.1, 0.15) is 0 Å². The Morgan fingerprint density at radius 2 is 1.75 bits per heavy atom. The molecule has 11 heteroatoms. The van der Waals surface area contributed by atoms with Gasteiger partial charge in [-0.25, -0.2) is 4.98 Å². The minimum Gasteiger partial charge on any atom is -0.418 e. The highest BCUT2D eigenvalue weighted by molar-refractivity contribution is 5.67. The van der Waals surface area contributed by atoms with Gasteiger partial charge in [0.25, 0.3) is 5.89 Å². The van der Waals surface area contributed by atoms with Crippen LogP contribution in [0.3, 0.4) is 0 Å². The molecule has 0 fully saturated rings. The second kappa shape index (κ2) is 7.79. The van der Waals surface area contributed by atoms with Gasteiger partial charge in [-0.15, -0.1) is 10.2 Å². The monoisotopic (exact) mass is 456 g/mol. The minimum absolute atomic E-state index is 0.00166. The molecule has 2 aromatic heterocycles. The van der Waals surface area contributed by atoms with Gasteiger partial charge in [-0.05, 0) is 42.4 Å². The molecule has 1 aliphatic rings. The SMILES string of the molecule is CC1CCCc2nc(c(N)cc2C(F)(F)F)-c2nnc(o2)C(C(F)(F)F)c2cccc1c2. The third-order valence-electron chi connectivity index (χ3n) is 5.52. The van der Waals surface area contributed by atoms with Gasteiger partial charge in [0.2, 0.25) is 5.89 Å². The molecule has 2 unspecified atom stereocenters. The number of alkyl halides is 6. The van der Waals surface area contributed by atoms with E-state index in [1.54, 1.807) is 6.07 Å². The molecule has 2 N–H and O–H groups in total. The normalized spacial score (nSPS) is 19.5. The fraction of sp³-hybridized carbons (Fsp3) is 0.381. The van der Waals surface area contributed by atoms with E-state index in [4.69, 9.17) is 10.2 Å². The molecule has 4 rings (SSSR count). The number of aryl methyl sites for hydroxylation is 1. The number of fused-ring (bicyclic) bond motifs is 7. The van der Waals surface area contributed by atoms with Crippen molar-refractivity contribution in [2.45, 2.75) is 50.4 Å². The van der Waals surface area contributed by atoms with Crippen molar-refractivity contribution in [2.75, 3.05) is 5.73 Å². The zero-order chi connectivity index (χ0) is 23.3. The van der Waals surface area contributed by atoms with Crippen molar-refractivity contribution < 1.29 is 30.8 Å². The Labute approximate surface area is 178 Å². The van der Waals surface area contributed by atoms with Crippen LogP contribution in [-0.2, 0) is 12.6 Å². The van der Waals surface area contributed by atoms with Crippen molar-refractivity contribution >= 4 is 5.69 Å². The van der Waals surface area contributed by atoms with Crippen molar-refractivity contribution in [3.63, 3.8) is 0 Å². The molecule has 6 bridgehead atoms. The number of halogens is 6. The number of rotatable bonds is 0. The minimum atomic E-state index is -4.74. The zero-order valence-electron chi connectivity index (χ0n) is 16.8. The summed E-state index contributed by atoms with van der Waals surface area (Å²) in [6.07, 6.45) is -8.65. The molecule has 0 radical (unpaired) electrons. The average molecular weight is 456 g/mol. The molecule has 5 nitrogen and oxygen atoms in total. The van der Waals surface area contributed by atoms with E-state index in [9.17, 15) is 26.3 Å². The van der Waals surface area contributed by atoms with E-state index in [-0.39, 0.29) is 29.3 Å². The van der Waals surface area contributed by atoms with Crippen LogP contribution in [0.5, 0.6) is 0 Å². The van der Waals surface area contributed by atoms with Gasteiger partial charge in [-0.2, -0.15) is 26.3 Å². The second-order valence-corrected chi connectivity index (χ2v) is 7.80. The van der Waals surface area contributed by atoms with Crippen molar-refractivity contribution in [2.24, 2.45) is 0 Å². The first-order valence-corrected chi connectivity index (χ1v) is 9.82. The van der Waals surface area contributed by atoms with Crippen molar-refractivity contribution in [1.29, 1.82) is 0 Å². The van der Waals surface area contributed by atoms with Crippen LogP contribution in [0.15, 0.2) is 34.7 Å². The Balaban J connectivity index is 1.93. The van der Waals surface area contributed by atoms with Crippen LogP contribution in [0, 0.1) is 0 Å². The molecule has 0 spiro atoms. The number of pyridine rings is 1. The molecule has 0 saturated carbocycles. The van der Waals surface area contributed by atoms with Crippen LogP contribution in [0.2, 0.25) is 0 Å². The van der Waals surface area contributed by atoms with E-state index in [2.05, 4.69) is 15.2 Å². The Bertz CT molecular complexity index is 1140. The molecule has 0 aliphatic carbocycles. The largest absolute Gasteiger partial charge is 0.418 e. The Morgan fingerprint density at radius 3 is 2.44 bits per heavy atom. The number of anilines is 1. The summed E-state index contributed by atoms with van der Waals surface area (Å²) >= 11 is 0. The lowest BCUT2D eigenvalue weighted by atomic mass is 9.90. The summed E-state index contributed by atoms with van der Waals surface area (Å²) in [5, 5.41) is 7.15.